The Balaban J connectivity index is 2.68. The minimum Gasteiger partial charge on any atom is -0.449 e. The molecule has 0 radical (unpaired) electrons. The van der Waals surface area contributed by atoms with E-state index in [1.165, 1.54) is 36.1 Å². The van der Waals surface area contributed by atoms with Gasteiger partial charge in [-0.3, -0.25) is 14.9 Å². The van der Waals surface area contributed by atoms with Crippen molar-refractivity contribution >= 4 is 23.6 Å². The van der Waals surface area contributed by atoms with Crippen molar-refractivity contribution in [3.05, 3.63) is 46.0 Å². The summed E-state index contributed by atoms with van der Waals surface area (Å²) >= 11 is 0. The topological polar surface area (TPSA) is 89.7 Å². The summed E-state index contributed by atoms with van der Waals surface area (Å²) in [5, 5.41) is 10.6. The van der Waals surface area contributed by atoms with Crippen molar-refractivity contribution in [3.63, 3.8) is 0 Å². The van der Waals surface area contributed by atoms with Crippen molar-refractivity contribution in [2.45, 2.75) is 13.0 Å². The third-order valence-corrected chi connectivity index (χ3v) is 2.57. The van der Waals surface area contributed by atoms with E-state index in [1.54, 1.807) is 20.2 Å². The molecule has 7 heteroatoms. The molecule has 1 rings (SSSR count). The monoisotopic (exact) mass is 292 g/mol. The first-order valence-corrected chi connectivity index (χ1v) is 6.15. The van der Waals surface area contributed by atoms with Crippen LogP contribution in [0.1, 0.15) is 12.5 Å². The van der Waals surface area contributed by atoms with Crippen molar-refractivity contribution in [2.24, 2.45) is 0 Å². The zero-order valence-electron chi connectivity index (χ0n) is 12.0. The van der Waals surface area contributed by atoms with E-state index in [2.05, 4.69) is 0 Å². The number of non-ortho nitro benzene ring substituents is 1. The van der Waals surface area contributed by atoms with Gasteiger partial charge in [-0.25, -0.2) is 4.79 Å². The van der Waals surface area contributed by atoms with Gasteiger partial charge in [-0.2, -0.15) is 0 Å². The maximum Gasteiger partial charge on any atom is 0.331 e. The Morgan fingerprint density at radius 1 is 1.38 bits per heavy atom. The molecule has 0 aliphatic heterocycles. The van der Waals surface area contributed by atoms with Gasteiger partial charge in [-0.05, 0) is 18.6 Å². The summed E-state index contributed by atoms with van der Waals surface area (Å²) in [4.78, 5) is 34.5. The Bertz CT molecular complexity index is 580. The molecule has 0 N–H and O–H groups in total. The SMILES string of the molecule is C[C@H](OC(=O)/C=C/c1cccc([N+](=O)[O-])c1)C(=O)N(C)C. The molecule has 0 spiro atoms. The van der Waals surface area contributed by atoms with Crippen LogP contribution in [0.3, 0.4) is 0 Å². The van der Waals surface area contributed by atoms with Gasteiger partial charge in [0.1, 0.15) is 0 Å². The zero-order chi connectivity index (χ0) is 16.0. The van der Waals surface area contributed by atoms with Crippen molar-refractivity contribution in [1.29, 1.82) is 0 Å². The van der Waals surface area contributed by atoms with Crippen LogP contribution in [0.25, 0.3) is 6.08 Å². The van der Waals surface area contributed by atoms with E-state index in [-0.39, 0.29) is 11.6 Å². The summed E-state index contributed by atoms with van der Waals surface area (Å²) in [6, 6.07) is 5.82. The van der Waals surface area contributed by atoms with E-state index in [9.17, 15) is 19.7 Å². The van der Waals surface area contributed by atoms with Crippen molar-refractivity contribution in [2.75, 3.05) is 14.1 Å². The number of esters is 1. The average Bonchev–Trinajstić information content (AvgIpc) is 2.44. The largest absolute Gasteiger partial charge is 0.449 e. The molecule has 0 unspecified atom stereocenters. The van der Waals surface area contributed by atoms with Crippen LogP contribution < -0.4 is 0 Å². The number of hydrogen-bond donors (Lipinski definition) is 0. The Morgan fingerprint density at radius 3 is 2.62 bits per heavy atom. The first-order chi connectivity index (χ1) is 9.81. The van der Waals surface area contributed by atoms with Gasteiger partial charge >= 0.3 is 5.97 Å². The van der Waals surface area contributed by atoms with Gasteiger partial charge in [0, 0.05) is 32.3 Å². The maximum absolute atomic E-state index is 11.6. The van der Waals surface area contributed by atoms with Crippen LogP contribution in [0.4, 0.5) is 5.69 Å². The molecule has 1 amide bonds. The lowest BCUT2D eigenvalue weighted by Crippen LogP contribution is -2.34. The first-order valence-electron chi connectivity index (χ1n) is 6.15. The van der Waals surface area contributed by atoms with Gasteiger partial charge in [-0.1, -0.05) is 12.1 Å². The highest BCUT2D eigenvalue weighted by Gasteiger charge is 2.17. The van der Waals surface area contributed by atoms with Crippen LogP contribution >= 0.6 is 0 Å². The van der Waals surface area contributed by atoms with E-state index >= 15 is 0 Å². The zero-order valence-corrected chi connectivity index (χ0v) is 12.0. The summed E-state index contributed by atoms with van der Waals surface area (Å²) < 4.78 is 4.92. The Labute approximate surface area is 122 Å². The standard InChI is InChI=1S/C14H16N2O5/c1-10(14(18)15(2)3)21-13(17)8-7-11-5-4-6-12(9-11)16(19)20/h4-10H,1-3H3/b8-7+/t10-/m0/s1. The predicted octanol–water partition coefficient (Wildman–Crippen LogP) is 1.63. The van der Waals surface area contributed by atoms with Crippen LogP contribution in [-0.4, -0.2) is 41.9 Å². The quantitative estimate of drug-likeness (QED) is 0.356. The number of nitro benzene ring substituents is 1. The second-order valence-electron chi connectivity index (χ2n) is 4.50. The fourth-order valence-electron chi connectivity index (χ4n) is 1.53. The van der Waals surface area contributed by atoms with E-state index in [1.807, 2.05) is 0 Å². The van der Waals surface area contributed by atoms with Gasteiger partial charge in [0.2, 0.25) is 0 Å². The van der Waals surface area contributed by atoms with Gasteiger partial charge in [0.15, 0.2) is 6.10 Å². The molecule has 0 saturated heterocycles. The molecular weight excluding hydrogens is 276 g/mol. The van der Waals surface area contributed by atoms with Crippen LogP contribution in [-0.2, 0) is 14.3 Å². The van der Waals surface area contributed by atoms with Gasteiger partial charge in [-0.15, -0.1) is 0 Å². The first kappa shape index (κ1) is 16.4. The number of benzene rings is 1. The fraction of sp³-hybridized carbons (Fsp3) is 0.286. The minimum absolute atomic E-state index is 0.0679. The summed E-state index contributed by atoms with van der Waals surface area (Å²) in [5.74, 6) is -1.02. The molecule has 0 heterocycles. The van der Waals surface area contributed by atoms with Crippen LogP contribution in [0.5, 0.6) is 0 Å². The number of carbonyl (C=O) groups excluding carboxylic acids is 2. The van der Waals surface area contributed by atoms with Gasteiger partial charge in [0.25, 0.3) is 11.6 Å². The highest BCUT2D eigenvalue weighted by Crippen LogP contribution is 2.14. The normalized spacial score (nSPS) is 12.0. The summed E-state index contributed by atoms with van der Waals surface area (Å²) in [6.45, 7) is 1.47. The molecule has 0 aliphatic carbocycles. The predicted molar refractivity (Wildman–Crippen MR) is 76.4 cm³/mol. The van der Waals surface area contributed by atoms with Gasteiger partial charge < -0.3 is 9.64 Å². The van der Waals surface area contributed by atoms with Crippen molar-refractivity contribution < 1.29 is 19.2 Å². The molecule has 7 nitrogen and oxygen atoms in total. The lowest BCUT2D eigenvalue weighted by molar-refractivity contribution is -0.384. The lowest BCUT2D eigenvalue weighted by Gasteiger charge is -2.16. The van der Waals surface area contributed by atoms with E-state index in [0.717, 1.165) is 6.08 Å². The maximum atomic E-state index is 11.6. The molecule has 112 valence electrons. The van der Waals surface area contributed by atoms with Crippen LogP contribution in [0.15, 0.2) is 30.3 Å². The molecule has 0 fully saturated rings. The van der Waals surface area contributed by atoms with Crippen molar-refractivity contribution in [1.82, 2.24) is 4.90 Å². The number of likely N-dealkylation sites (N-methyl/N-ethyl adjacent to an activating group) is 1. The van der Waals surface area contributed by atoms with Crippen LogP contribution in [0, 0.1) is 10.1 Å². The third-order valence-electron chi connectivity index (χ3n) is 2.57. The third kappa shape index (κ3) is 5.06. The number of nitrogens with zero attached hydrogens (tertiary/aromatic N) is 2. The lowest BCUT2D eigenvalue weighted by atomic mass is 10.2. The summed E-state index contributed by atoms with van der Waals surface area (Å²) in [6.07, 6.45) is 1.63. The molecule has 1 atom stereocenters. The number of nitro groups is 1. The molecule has 0 saturated carbocycles. The second-order valence-corrected chi connectivity index (χ2v) is 4.50. The van der Waals surface area contributed by atoms with Crippen LogP contribution in [0.2, 0.25) is 0 Å². The summed E-state index contributed by atoms with van der Waals surface area (Å²) in [5.41, 5.74) is 0.425. The number of amides is 1. The number of hydrogen-bond acceptors (Lipinski definition) is 5. The van der Waals surface area contributed by atoms with Crippen molar-refractivity contribution in [3.8, 4) is 0 Å². The molecular formula is C14H16N2O5. The molecule has 0 bridgehead atoms. The number of ether oxygens (including phenoxy) is 1. The summed E-state index contributed by atoms with van der Waals surface area (Å²) in [7, 11) is 3.12. The van der Waals surface area contributed by atoms with E-state index < -0.39 is 17.0 Å². The second kappa shape index (κ2) is 7.18. The average molecular weight is 292 g/mol. The fourth-order valence-corrected chi connectivity index (χ4v) is 1.53. The molecule has 0 aliphatic rings. The Morgan fingerprint density at radius 2 is 2.05 bits per heavy atom. The molecule has 21 heavy (non-hydrogen) atoms. The van der Waals surface area contributed by atoms with E-state index in [4.69, 9.17) is 4.74 Å². The smallest absolute Gasteiger partial charge is 0.331 e. The Hall–Kier alpha value is -2.70. The highest BCUT2D eigenvalue weighted by molar-refractivity contribution is 5.90. The molecule has 0 aromatic heterocycles. The number of carbonyl (C=O) groups is 2. The minimum atomic E-state index is -0.887. The molecule has 1 aromatic rings. The number of rotatable bonds is 5. The Kier molecular flexibility index (Phi) is 5.59. The molecule has 1 aromatic carbocycles. The van der Waals surface area contributed by atoms with Gasteiger partial charge in [0.05, 0.1) is 4.92 Å². The van der Waals surface area contributed by atoms with E-state index in [0.29, 0.717) is 5.56 Å². The highest BCUT2D eigenvalue weighted by atomic mass is 16.6.